The van der Waals surface area contributed by atoms with Crippen molar-refractivity contribution >= 4 is 24.1 Å². The molecule has 1 aromatic heterocycles. The molecule has 140 valence electrons. The average molecular weight is 363 g/mol. The zero-order chi connectivity index (χ0) is 18.8. The van der Waals surface area contributed by atoms with Gasteiger partial charge in [-0.15, -0.1) is 0 Å². The zero-order valence-corrected chi connectivity index (χ0v) is 15.6. The van der Waals surface area contributed by atoms with E-state index < -0.39 is 0 Å². The van der Waals surface area contributed by atoms with Gasteiger partial charge in [0.15, 0.2) is 5.76 Å². The van der Waals surface area contributed by atoms with Gasteiger partial charge in [-0.2, -0.15) is 4.98 Å². The van der Waals surface area contributed by atoms with Crippen LogP contribution in [0.4, 0.5) is 6.01 Å². The van der Waals surface area contributed by atoms with Gasteiger partial charge in [0.1, 0.15) is 5.69 Å². The Morgan fingerprint density at radius 3 is 2.37 bits per heavy atom. The molecule has 1 aliphatic carbocycles. The molecule has 27 heavy (non-hydrogen) atoms. The third-order valence-corrected chi connectivity index (χ3v) is 5.34. The van der Waals surface area contributed by atoms with Crippen LogP contribution in [0.1, 0.15) is 41.3 Å². The van der Waals surface area contributed by atoms with E-state index in [9.17, 15) is 4.79 Å². The van der Waals surface area contributed by atoms with Crippen LogP contribution in [0.3, 0.4) is 0 Å². The van der Waals surface area contributed by atoms with Crippen LogP contribution in [0.2, 0.25) is 0 Å². The molecule has 1 amide bonds. The number of carbonyl (C=O) groups excluding carboxylic acids is 1. The zero-order valence-electron chi connectivity index (χ0n) is 15.6. The van der Waals surface area contributed by atoms with E-state index in [-0.39, 0.29) is 5.91 Å². The van der Waals surface area contributed by atoms with Gasteiger partial charge in [0, 0.05) is 26.2 Å². The molecule has 0 N–H and O–H groups in total. The number of oxazole rings is 1. The van der Waals surface area contributed by atoms with Crippen molar-refractivity contribution in [2.45, 2.75) is 25.2 Å². The molecule has 2 aromatic rings. The van der Waals surface area contributed by atoms with Gasteiger partial charge >= 0.3 is 0 Å². The Balaban J connectivity index is 1.32. The molecule has 1 aliphatic heterocycles. The van der Waals surface area contributed by atoms with Crippen LogP contribution in [0.5, 0.6) is 0 Å². The number of hydrogen-bond donors (Lipinski definition) is 0. The number of benzene rings is 1. The maximum absolute atomic E-state index is 12.6. The van der Waals surface area contributed by atoms with Crippen LogP contribution >= 0.6 is 0 Å². The number of amides is 1. The number of anilines is 1. The largest absolute Gasteiger partial charge is 0.423 e. The number of rotatable bonds is 6. The van der Waals surface area contributed by atoms with Gasteiger partial charge in [0.2, 0.25) is 5.91 Å². The Morgan fingerprint density at radius 2 is 1.81 bits per heavy atom. The smallest absolute Gasteiger partial charge is 0.298 e. The minimum atomic E-state index is 0.180. The highest BCUT2D eigenvalue weighted by atomic mass is 16.4. The van der Waals surface area contributed by atoms with E-state index in [1.165, 1.54) is 18.4 Å². The summed E-state index contributed by atoms with van der Waals surface area (Å²) >= 11 is 0. The molecule has 2 fully saturated rings. The van der Waals surface area contributed by atoms with Gasteiger partial charge in [0.25, 0.3) is 6.01 Å². The van der Waals surface area contributed by atoms with Crippen LogP contribution in [0.15, 0.2) is 41.8 Å². The second kappa shape index (κ2) is 7.43. The summed E-state index contributed by atoms with van der Waals surface area (Å²) in [5.41, 5.74) is 3.20. The second-order valence-electron chi connectivity index (χ2n) is 7.21. The molecule has 5 heteroatoms. The summed E-state index contributed by atoms with van der Waals surface area (Å²) in [6, 6.07) is 9.12. The first kappa shape index (κ1) is 17.6. The van der Waals surface area contributed by atoms with Crippen molar-refractivity contribution in [3.8, 4) is 0 Å². The molecule has 0 bridgehead atoms. The molecule has 0 unspecified atom stereocenters. The summed E-state index contributed by atoms with van der Waals surface area (Å²) in [7, 11) is 0. The molecular weight excluding hydrogens is 338 g/mol. The summed E-state index contributed by atoms with van der Waals surface area (Å²) in [5.74, 6) is 1.56. The first-order chi connectivity index (χ1) is 13.2. The van der Waals surface area contributed by atoms with Crippen LogP contribution < -0.4 is 4.90 Å². The van der Waals surface area contributed by atoms with Crippen LogP contribution in [0.25, 0.3) is 12.2 Å². The molecule has 0 spiro atoms. The third-order valence-electron chi connectivity index (χ3n) is 5.34. The minimum Gasteiger partial charge on any atom is -0.423 e. The highest BCUT2D eigenvalue weighted by Crippen LogP contribution is 2.39. The number of piperazine rings is 1. The van der Waals surface area contributed by atoms with Crippen molar-refractivity contribution in [1.82, 2.24) is 9.88 Å². The molecule has 0 atom stereocenters. The number of aromatic nitrogens is 1. The van der Waals surface area contributed by atoms with Gasteiger partial charge in [-0.3, -0.25) is 4.79 Å². The summed E-state index contributed by atoms with van der Waals surface area (Å²) in [6.45, 7) is 10.3. The quantitative estimate of drug-likeness (QED) is 0.785. The molecule has 1 saturated carbocycles. The highest BCUT2D eigenvalue weighted by molar-refractivity contribution is 5.79. The molecular formula is C22H25N3O2. The maximum atomic E-state index is 12.6. The highest BCUT2D eigenvalue weighted by Gasteiger charge is 2.25. The monoisotopic (exact) mass is 363 g/mol. The lowest BCUT2D eigenvalue weighted by molar-refractivity contribution is -0.130. The van der Waals surface area contributed by atoms with E-state index in [4.69, 9.17) is 4.42 Å². The Bertz CT molecular complexity index is 815. The van der Waals surface area contributed by atoms with E-state index in [2.05, 4.69) is 47.3 Å². The Morgan fingerprint density at radius 1 is 1.11 bits per heavy atom. The predicted octanol–water partition coefficient (Wildman–Crippen LogP) is 3.73. The lowest BCUT2D eigenvalue weighted by atomic mass is 10.1. The van der Waals surface area contributed by atoms with Gasteiger partial charge in [-0.25, -0.2) is 0 Å². The van der Waals surface area contributed by atoms with Crippen molar-refractivity contribution in [3.05, 3.63) is 60.0 Å². The van der Waals surface area contributed by atoms with Crippen molar-refractivity contribution in [3.63, 3.8) is 0 Å². The fourth-order valence-electron chi connectivity index (χ4n) is 3.52. The summed E-state index contributed by atoms with van der Waals surface area (Å²) < 4.78 is 5.74. The average Bonchev–Trinajstić information content (AvgIpc) is 3.47. The van der Waals surface area contributed by atoms with Gasteiger partial charge in [0.05, 0.1) is 6.42 Å². The van der Waals surface area contributed by atoms with Crippen LogP contribution in [0, 0.1) is 0 Å². The van der Waals surface area contributed by atoms with Crippen LogP contribution in [-0.4, -0.2) is 42.0 Å². The van der Waals surface area contributed by atoms with E-state index in [1.54, 1.807) is 12.2 Å². The topological polar surface area (TPSA) is 49.6 Å². The molecule has 4 rings (SSSR count). The van der Waals surface area contributed by atoms with Crippen molar-refractivity contribution in [2.24, 2.45) is 0 Å². The van der Waals surface area contributed by atoms with Gasteiger partial charge in [-0.05, 0) is 42.0 Å². The number of carbonyl (C=O) groups is 1. The van der Waals surface area contributed by atoms with Gasteiger partial charge in [-0.1, -0.05) is 37.4 Å². The molecule has 2 aliphatic rings. The molecule has 0 radical (unpaired) electrons. The van der Waals surface area contributed by atoms with E-state index >= 15 is 0 Å². The Kier molecular flexibility index (Phi) is 4.84. The summed E-state index contributed by atoms with van der Waals surface area (Å²) in [4.78, 5) is 21.1. The normalized spacial score (nSPS) is 17.0. The van der Waals surface area contributed by atoms with E-state index in [0.717, 1.165) is 11.5 Å². The van der Waals surface area contributed by atoms with Crippen molar-refractivity contribution < 1.29 is 9.21 Å². The first-order valence-electron chi connectivity index (χ1n) is 9.55. The minimum absolute atomic E-state index is 0.180. The van der Waals surface area contributed by atoms with Crippen LogP contribution in [-0.2, 0) is 11.2 Å². The lowest BCUT2D eigenvalue weighted by Gasteiger charge is -2.34. The summed E-state index contributed by atoms with van der Waals surface area (Å²) in [6.07, 6.45) is 6.37. The maximum Gasteiger partial charge on any atom is 0.298 e. The van der Waals surface area contributed by atoms with E-state index in [1.807, 2.05) is 4.90 Å². The molecule has 2 heterocycles. The first-order valence-corrected chi connectivity index (χ1v) is 9.55. The number of hydrogen-bond acceptors (Lipinski definition) is 4. The van der Waals surface area contributed by atoms with Gasteiger partial charge < -0.3 is 14.2 Å². The van der Waals surface area contributed by atoms with Crippen molar-refractivity contribution in [1.29, 1.82) is 0 Å². The predicted molar refractivity (Wildman–Crippen MR) is 108 cm³/mol. The number of nitrogens with zero attached hydrogens (tertiary/aromatic N) is 3. The lowest BCUT2D eigenvalue weighted by Crippen LogP contribution is -2.49. The standard InChI is InChI=1S/C22H25N3O2/c1-3-19-20(4-2)27-22(23-19)25-13-11-24(12-14-25)21(26)15-16-5-7-17(8-6-16)18-9-10-18/h3-8,18H,1-2,9-15H2. The van der Waals surface area contributed by atoms with Crippen molar-refractivity contribution in [2.75, 3.05) is 31.1 Å². The molecule has 5 nitrogen and oxygen atoms in total. The SMILES string of the molecule is C=Cc1nc(N2CCN(C(=O)Cc3ccc(C4CC4)cc3)CC2)oc1C=C. The third kappa shape index (κ3) is 3.82. The molecule has 1 saturated heterocycles. The fourth-order valence-corrected chi connectivity index (χ4v) is 3.52. The Labute approximate surface area is 160 Å². The fraction of sp³-hybridized carbons (Fsp3) is 0.364. The summed E-state index contributed by atoms with van der Waals surface area (Å²) in [5, 5.41) is 0. The second-order valence-corrected chi connectivity index (χ2v) is 7.21. The van der Waals surface area contributed by atoms with E-state index in [0.29, 0.717) is 50.1 Å². The molecule has 1 aromatic carbocycles. The Hall–Kier alpha value is -2.82.